The molecule has 8 rings (SSSR count). The fourth-order valence-electron chi connectivity index (χ4n) is 6.73. The summed E-state index contributed by atoms with van der Waals surface area (Å²) >= 11 is 3.97. The Labute approximate surface area is 236 Å². The van der Waals surface area contributed by atoms with Crippen LogP contribution >= 0.6 is 22.7 Å². The molecule has 0 saturated heterocycles. The van der Waals surface area contributed by atoms with E-state index in [1.54, 1.807) is 5.20 Å². The van der Waals surface area contributed by atoms with Gasteiger partial charge in [-0.05, 0) is 56.3 Å². The van der Waals surface area contributed by atoms with E-state index in [9.17, 15) is 0 Å². The van der Waals surface area contributed by atoms with Crippen molar-refractivity contribution in [1.29, 1.82) is 0 Å². The maximum atomic E-state index is 2.49. The second-order valence-electron chi connectivity index (χ2n) is 10.3. The normalized spacial score (nSPS) is 13.6. The Morgan fingerprint density at radius 1 is 0.513 bits per heavy atom. The van der Waals surface area contributed by atoms with Crippen molar-refractivity contribution in [2.75, 3.05) is 0 Å². The van der Waals surface area contributed by atoms with Gasteiger partial charge >= 0.3 is 0 Å². The molecule has 0 nitrogen and oxygen atoms in total. The molecule has 186 valence electrons. The van der Waals surface area contributed by atoms with Gasteiger partial charge in [-0.15, -0.1) is 22.7 Å². The van der Waals surface area contributed by atoms with Gasteiger partial charge in [0, 0.05) is 29.4 Å². The summed E-state index contributed by atoms with van der Waals surface area (Å²) in [5.74, 6) is 0. The Hall–Kier alpha value is -3.76. The van der Waals surface area contributed by atoms with Gasteiger partial charge in [0.05, 0.1) is 0 Å². The van der Waals surface area contributed by atoms with E-state index in [0.717, 1.165) is 12.8 Å². The topological polar surface area (TPSA) is 0 Å². The smallest absolute Gasteiger partial charge is 0.136 e. The highest BCUT2D eigenvalue weighted by Gasteiger charge is 2.45. The first-order valence-electron chi connectivity index (χ1n) is 13.6. The molecule has 7 aromatic rings. The summed E-state index contributed by atoms with van der Waals surface area (Å²) in [7, 11) is -2.65. The number of rotatable bonds is 4. The van der Waals surface area contributed by atoms with Crippen LogP contribution in [0, 0.1) is 0 Å². The number of benzene rings is 5. The number of hydrogen-bond acceptors (Lipinski definition) is 2. The summed E-state index contributed by atoms with van der Waals surface area (Å²) in [6.07, 6.45) is 4.67. The molecule has 3 heteroatoms. The minimum absolute atomic E-state index is 1.08. The summed E-state index contributed by atoms with van der Waals surface area (Å²) < 4.78 is 5.71. The van der Waals surface area contributed by atoms with Crippen LogP contribution in [-0.2, 0) is 0 Å². The second-order valence-corrected chi connectivity index (χ2v) is 16.2. The highest BCUT2D eigenvalue weighted by Crippen LogP contribution is 2.35. The number of fused-ring (bicyclic) bond motifs is 6. The lowest BCUT2D eigenvalue weighted by atomic mass is 10.1. The van der Waals surface area contributed by atoms with Crippen molar-refractivity contribution >= 4 is 87.8 Å². The summed E-state index contributed by atoms with van der Waals surface area (Å²) in [6, 6.07) is 47.9. The molecule has 0 N–H and O–H groups in total. The molecule has 0 amide bonds. The molecule has 0 aliphatic heterocycles. The molecule has 0 unspecified atom stereocenters. The first-order chi connectivity index (χ1) is 19.4. The minimum atomic E-state index is -2.65. The maximum absolute atomic E-state index is 2.65. The second kappa shape index (κ2) is 9.17. The minimum Gasteiger partial charge on any atom is -0.136 e. The lowest BCUT2D eigenvalue weighted by Gasteiger charge is -2.37. The lowest BCUT2D eigenvalue weighted by molar-refractivity contribution is 1.11. The predicted octanol–water partition coefficient (Wildman–Crippen LogP) is 6.70. The zero-order valence-corrected chi connectivity index (χ0v) is 24.1. The lowest BCUT2D eigenvalue weighted by Crippen LogP contribution is -2.69. The number of thiophene rings is 2. The van der Waals surface area contributed by atoms with Crippen LogP contribution in [0.5, 0.6) is 0 Å². The van der Waals surface area contributed by atoms with Crippen LogP contribution in [-0.4, -0.2) is 8.07 Å². The van der Waals surface area contributed by atoms with Gasteiger partial charge < -0.3 is 0 Å². The van der Waals surface area contributed by atoms with Gasteiger partial charge in [0.1, 0.15) is 0 Å². The molecule has 39 heavy (non-hydrogen) atoms. The molecule has 0 saturated carbocycles. The average molecular weight is 551 g/mol. The standard InChI is InChI=1S/C36H26S2Si/c1-3-13-25(14-4-1)39(26-15-5-2-6-16-26,33-23-11-19-29-27-17-7-9-21-31(27)37-35(29)33)34-24-12-20-30-28-18-8-10-22-32(28)38-36(30)34/h1-11,13-23H,12,24H2. The third kappa shape index (κ3) is 3.40. The predicted molar refractivity (Wildman–Crippen MR) is 175 cm³/mol. The van der Waals surface area contributed by atoms with E-state index >= 15 is 0 Å². The van der Waals surface area contributed by atoms with Gasteiger partial charge in [0.15, 0.2) is 8.07 Å². The SMILES string of the molecule is C1=c2c(sc3ccccc23)=C([Si](c2ccccc2)(c2ccccc2)c2cccc3c2sc2ccccc23)CC1. The third-order valence-corrected chi connectivity index (χ3v) is 16.2. The van der Waals surface area contributed by atoms with Gasteiger partial charge in [0.2, 0.25) is 0 Å². The fourth-order valence-corrected chi connectivity index (χ4v) is 15.4. The Morgan fingerprint density at radius 3 is 1.82 bits per heavy atom. The van der Waals surface area contributed by atoms with Crippen molar-refractivity contribution in [3.63, 3.8) is 0 Å². The summed E-state index contributed by atoms with van der Waals surface area (Å²) in [5.41, 5.74) is 0. The van der Waals surface area contributed by atoms with Crippen molar-refractivity contribution in [2.45, 2.75) is 12.8 Å². The van der Waals surface area contributed by atoms with Gasteiger partial charge in [-0.25, -0.2) is 0 Å². The zero-order valence-electron chi connectivity index (χ0n) is 21.4. The van der Waals surface area contributed by atoms with E-state index in [4.69, 9.17) is 0 Å². The monoisotopic (exact) mass is 550 g/mol. The highest BCUT2D eigenvalue weighted by molar-refractivity contribution is 7.32. The van der Waals surface area contributed by atoms with Crippen LogP contribution in [0.2, 0.25) is 0 Å². The Balaban J connectivity index is 1.63. The van der Waals surface area contributed by atoms with Gasteiger partial charge in [-0.3, -0.25) is 0 Å². The molecule has 2 heterocycles. The molecule has 0 spiro atoms. The Morgan fingerprint density at radius 2 is 1.10 bits per heavy atom. The Bertz CT molecular complexity index is 2080. The van der Waals surface area contributed by atoms with Crippen LogP contribution in [0.4, 0.5) is 0 Å². The van der Waals surface area contributed by atoms with Crippen LogP contribution in [0.15, 0.2) is 127 Å². The average Bonchev–Trinajstić information content (AvgIpc) is 3.58. The molecule has 1 aliphatic rings. The summed E-state index contributed by atoms with van der Waals surface area (Å²) in [6.45, 7) is 0. The van der Waals surface area contributed by atoms with E-state index in [-0.39, 0.29) is 0 Å². The summed E-state index contributed by atoms with van der Waals surface area (Å²) in [5, 5.41) is 11.7. The molecule has 0 fully saturated rings. The van der Waals surface area contributed by atoms with Gasteiger partial charge in [-0.2, -0.15) is 0 Å². The van der Waals surface area contributed by atoms with Crippen LogP contribution in [0.3, 0.4) is 0 Å². The van der Waals surface area contributed by atoms with Crippen LogP contribution < -0.4 is 25.3 Å². The molecular formula is C36H26S2Si. The molecular weight excluding hydrogens is 525 g/mol. The van der Waals surface area contributed by atoms with E-state index in [1.807, 2.05) is 22.7 Å². The third-order valence-electron chi connectivity index (χ3n) is 8.33. The molecule has 2 aromatic heterocycles. The summed E-state index contributed by atoms with van der Waals surface area (Å²) in [4.78, 5) is 0. The van der Waals surface area contributed by atoms with Crippen molar-refractivity contribution in [2.24, 2.45) is 0 Å². The van der Waals surface area contributed by atoms with Crippen LogP contribution in [0.25, 0.3) is 41.5 Å². The molecule has 0 bridgehead atoms. The van der Waals surface area contributed by atoms with Gasteiger partial charge in [0.25, 0.3) is 0 Å². The number of hydrogen-bond donors (Lipinski definition) is 0. The molecule has 0 radical (unpaired) electrons. The Kier molecular flexibility index (Phi) is 5.44. The van der Waals surface area contributed by atoms with Crippen molar-refractivity contribution in [3.05, 3.63) is 137 Å². The first-order valence-corrected chi connectivity index (χ1v) is 17.2. The largest absolute Gasteiger partial charge is 0.178 e. The molecule has 5 aromatic carbocycles. The quantitative estimate of drug-likeness (QED) is 0.169. The van der Waals surface area contributed by atoms with Gasteiger partial charge in [-0.1, -0.05) is 121 Å². The van der Waals surface area contributed by atoms with E-state index < -0.39 is 8.07 Å². The van der Waals surface area contributed by atoms with Crippen LogP contribution in [0.1, 0.15) is 12.8 Å². The zero-order chi connectivity index (χ0) is 25.8. The highest BCUT2D eigenvalue weighted by atomic mass is 32.1. The van der Waals surface area contributed by atoms with E-state index in [0.29, 0.717) is 0 Å². The van der Waals surface area contributed by atoms with Crippen molar-refractivity contribution < 1.29 is 0 Å². The van der Waals surface area contributed by atoms with Crippen molar-refractivity contribution in [3.8, 4) is 0 Å². The van der Waals surface area contributed by atoms with E-state index in [1.165, 1.54) is 55.6 Å². The molecule has 1 aliphatic carbocycles. The maximum Gasteiger partial charge on any atom is 0.178 e. The molecule has 0 atom stereocenters. The first kappa shape index (κ1) is 23.2. The van der Waals surface area contributed by atoms with E-state index in [2.05, 4.69) is 133 Å². The van der Waals surface area contributed by atoms with Crippen molar-refractivity contribution in [1.82, 2.24) is 0 Å². The fraction of sp³-hybridized carbons (Fsp3) is 0.0556.